The van der Waals surface area contributed by atoms with Gasteiger partial charge in [-0.25, -0.2) is 9.78 Å². The number of nitrogens with zero attached hydrogens (tertiary/aromatic N) is 1. The zero-order chi connectivity index (χ0) is 16.3. The molecule has 1 atom stereocenters. The second kappa shape index (κ2) is 10.4. The Balaban J connectivity index is 0.000000885. The van der Waals surface area contributed by atoms with E-state index in [1.807, 2.05) is 0 Å². The van der Waals surface area contributed by atoms with Gasteiger partial charge in [0, 0.05) is 31.7 Å². The lowest BCUT2D eigenvalue weighted by atomic mass is 10.1. The van der Waals surface area contributed by atoms with Crippen LogP contribution in [-0.4, -0.2) is 50.6 Å². The first kappa shape index (κ1) is 18.6. The summed E-state index contributed by atoms with van der Waals surface area (Å²) in [5.41, 5.74) is 5.93. The van der Waals surface area contributed by atoms with Crippen LogP contribution in [0.3, 0.4) is 0 Å². The van der Waals surface area contributed by atoms with Crippen LogP contribution in [0.1, 0.15) is 25.5 Å². The molecule has 21 heavy (non-hydrogen) atoms. The Bertz CT molecular complexity index is 443. The van der Waals surface area contributed by atoms with Crippen LogP contribution in [0, 0.1) is 0 Å². The minimum atomic E-state index is -1.07. The van der Waals surface area contributed by atoms with E-state index in [-0.39, 0.29) is 18.7 Å². The number of aromatic nitrogens is 2. The van der Waals surface area contributed by atoms with Crippen molar-refractivity contribution in [1.29, 1.82) is 0 Å². The average molecular weight is 300 g/mol. The maximum atomic E-state index is 11.4. The Labute approximate surface area is 121 Å². The van der Waals surface area contributed by atoms with Crippen molar-refractivity contribution in [2.24, 2.45) is 5.73 Å². The number of rotatable bonds is 7. The van der Waals surface area contributed by atoms with Gasteiger partial charge in [-0.15, -0.1) is 0 Å². The first-order chi connectivity index (χ1) is 9.86. The van der Waals surface area contributed by atoms with Crippen LogP contribution in [0.5, 0.6) is 0 Å². The molecule has 0 aliphatic rings. The molecule has 0 fully saturated rings. The molecule has 1 aromatic rings. The molecule has 0 aromatic carbocycles. The number of carbonyl (C=O) groups is 3. The number of hydrogen-bond acceptors (Lipinski definition) is 5. The summed E-state index contributed by atoms with van der Waals surface area (Å²) in [5, 5.41) is 18.8. The third kappa shape index (κ3) is 10.1. The lowest BCUT2D eigenvalue weighted by Gasteiger charge is -2.13. The molecule has 0 spiro atoms. The molecule has 0 radical (unpaired) electrons. The second-order valence-corrected chi connectivity index (χ2v) is 4.15. The van der Waals surface area contributed by atoms with E-state index in [9.17, 15) is 9.59 Å². The van der Waals surface area contributed by atoms with Gasteiger partial charge in [-0.05, 0) is 13.0 Å². The summed E-state index contributed by atoms with van der Waals surface area (Å²) < 4.78 is 0. The van der Waals surface area contributed by atoms with Gasteiger partial charge in [-0.2, -0.15) is 0 Å². The van der Waals surface area contributed by atoms with E-state index in [4.69, 9.17) is 20.7 Å². The van der Waals surface area contributed by atoms with E-state index >= 15 is 0 Å². The Kier molecular flexibility index (Phi) is 9.18. The molecule has 1 unspecified atom stereocenters. The molecule has 1 heterocycles. The molecule has 9 heteroatoms. The van der Waals surface area contributed by atoms with E-state index in [0.29, 0.717) is 18.7 Å². The number of carbonyl (C=O) groups excluding carboxylic acids is 1. The molecule has 6 N–H and O–H groups in total. The van der Waals surface area contributed by atoms with Crippen LogP contribution in [0.25, 0.3) is 0 Å². The van der Waals surface area contributed by atoms with Gasteiger partial charge in [0.25, 0.3) is 5.97 Å². The third-order valence-corrected chi connectivity index (χ3v) is 2.22. The van der Waals surface area contributed by atoms with E-state index in [1.165, 1.54) is 12.5 Å². The molecular formula is C12H20N4O5. The Hall–Kier alpha value is -2.42. The third-order valence-electron chi connectivity index (χ3n) is 2.22. The summed E-state index contributed by atoms with van der Waals surface area (Å²) in [4.78, 5) is 37.9. The molecule has 1 aromatic heterocycles. The number of nitrogens with two attached hydrogens (primary N) is 1. The summed E-state index contributed by atoms with van der Waals surface area (Å²) >= 11 is 0. The predicted octanol–water partition coefficient (Wildman–Crippen LogP) is -0.649. The summed E-state index contributed by atoms with van der Waals surface area (Å²) in [7, 11) is 0. The lowest BCUT2D eigenvalue weighted by Crippen LogP contribution is -2.42. The van der Waals surface area contributed by atoms with Gasteiger partial charge in [-0.3, -0.25) is 9.59 Å². The number of carboxylic acids is 2. The SMILES string of the molecule is CC(=O)O.NCCCC(=O)NC(Cc1cnc[nH]1)C(=O)O. The van der Waals surface area contributed by atoms with Gasteiger partial charge in [-0.1, -0.05) is 0 Å². The first-order valence-electron chi connectivity index (χ1n) is 6.25. The molecule has 9 nitrogen and oxygen atoms in total. The summed E-state index contributed by atoms with van der Waals surface area (Å²) in [6.07, 6.45) is 3.96. The molecule has 118 valence electrons. The quantitative estimate of drug-likeness (QED) is 0.447. The molecule has 0 saturated heterocycles. The molecular weight excluding hydrogens is 280 g/mol. The topological polar surface area (TPSA) is 158 Å². The molecule has 0 saturated carbocycles. The highest BCUT2D eigenvalue weighted by atomic mass is 16.4. The zero-order valence-corrected chi connectivity index (χ0v) is 11.7. The van der Waals surface area contributed by atoms with Gasteiger partial charge in [0.2, 0.25) is 5.91 Å². The largest absolute Gasteiger partial charge is 0.481 e. The number of carboxylic acid groups (broad SMARTS) is 2. The van der Waals surface area contributed by atoms with Crippen molar-refractivity contribution in [2.75, 3.05) is 6.54 Å². The zero-order valence-electron chi connectivity index (χ0n) is 11.7. The van der Waals surface area contributed by atoms with Crippen molar-refractivity contribution in [1.82, 2.24) is 15.3 Å². The van der Waals surface area contributed by atoms with E-state index in [0.717, 1.165) is 6.92 Å². The van der Waals surface area contributed by atoms with Crippen molar-refractivity contribution >= 4 is 17.8 Å². The minimum Gasteiger partial charge on any atom is -0.481 e. The maximum Gasteiger partial charge on any atom is 0.326 e. The van der Waals surface area contributed by atoms with E-state index in [1.54, 1.807) is 0 Å². The number of amides is 1. The van der Waals surface area contributed by atoms with Gasteiger partial charge < -0.3 is 26.2 Å². The fourth-order valence-electron chi connectivity index (χ4n) is 1.35. The first-order valence-corrected chi connectivity index (χ1v) is 6.25. The van der Waals surface area contributed by atoms with Gasteiger partial charge in [0.05, 0.1) is 6.33 Å². The fourth-order valence-corrected chi connectivity index (χ4v) is 1.35. The average Bonchev–Trinajstić information content (AvgIpc) is 2.87. The van der Waals surface area contributed by atoms with Crippen molar-refractivity contribution < 1.29 is 24.6 Å². The van der Waals surface area contributed by atoms with Gasteiger partial charge >= 0.3 is 5.97 Å². The van der Waals surface area contributed by atoms with Crippen molar-refractivity contribution in [3.05, 3.63) is 18.2 Å². The lowest BCUT2D eigenvalue weighted by molar-refractivity contribution is -0.141. The maximum absolute atomic E-state index is 11.4. The molecule has 1 amide bonds. The fraction of sp³-hybridized carbons (Fsp3) is 0.500. The summed E-state index contributed by atoms with van der Waals surface area (Å²) in [6, 6.07) is -0.944. The minimum absolute atomic E-state index is 0.184. The van der Waals surface area contributed by atoms with E-state index in [2.05, 4.69) is 15.3 Å². The standard InChI is InChI=1S/C10H16N4O3.C2H4O2/c11-3-1-2-9(15)14-8(10(16)17)4-7-5-12-6-13-7;1-2(3)4/h5-6,8H,1-4,11H2,(H,12,13)(H,14,15)(H,16,17);1H3,(H,3,4). The summed E-state index contributed by atoms with van der Waals surface area (Å²) in [6.45, 7) is 1.49. The number of nitrogens with one attached hydrogen (secondary N) is 2. The number of hydrogen-bond donors (Lipinski definition) is 5. The number of aromatic amines is 1. The smallest absolute Gasteiger partial charge is 0.326 e. The Morgan fingerprint density at radius 1 is 1.43 bits per heavy atom. The highest BCUT2D eigenvalue weighted by Crippen LogP contribution is 1.99. The van der Waals surface area contributed by atoms with Crippen molar-refractivity contribution in [3.63, 3.8) is 0 Å². The molecule has 1 rings (SSSR count). The van der Waals surface area contributed by atoms with Crippen molar-refractivity contribution in [3.8, 4) is 0 Å². The predicted molar refractivity (Wildman–Crippen MR) is 73.5 cm³/mol. The normalized spacial score (nSPS) is 11.0. The second-order valence-electron chi connectivity index (χ2n) is 4.15. The molecule has 0 aliphatic heterocycles. The Morgan fingerprint density at radius 3 is 2.48 bits per heavy atom. The van der Waals surface area contributed by atoms with Crippen LogP contribution < -0.4 is 11.1 Å². The highest BCUT2D eigenvalue weighted by molar-refractivity contribution is 5.83. The number of imidazole rings is 1. The van der Waals surface area contributed by atoms with Crippen LogP contribution in [-0.2, 0) is 20.8 Å². The number of H-pyrrole nitrogens is 1. The number of aliphatic carboxylic acids is 2. The van der Waals surface area contributed by atoms with Crippen molar-refractivity contribution in [2.45, 2.75) is 32.2 Å². The van der Waals surface area contributed by atoms with Crippen LogP contribution in [0.4, 0.5) is 0 Å². The summed E-state index contributed by atoms with van der Waals surface area (Å²) in [5.74, 6) is -2.21. The molecule has 0 bridgehead atoms. The van der Waals surface area contributed by atoms with Gasteiger partial charge in [0.1, 0.15) is 6.04 Å². The monoisotopic (exact) mass is 300 g/mol. The van der Waals surface area contributed by atoms with Crippen LogP contribution in [0.15, 0.2) is 12.5 Å². The van der Waals surface area contributed by atoms with Gasteiger partial charge in [0.15, 0.2) is 0 Å². The highest BCUT2D eigenvalue weighted by Gasteiger charge is 2.20. The van der Waals surface area contributed by atoms with Crippen LogP contribution >= 0.6 is 0 Å². The Morgan fingerprint density at radius 2 is 2.05 bits per heavy atom. The van der Waals surface area contributed by atoms with E-state index < -0.39 is 18.0 Å². The van der Waals surface area contributed by atoms with Crippen LogP contribution in [0.2, 0.25) is 0 Å². The molecule has 0 aliphatic carbocycles.